The first-order chi connectivity index (χ1) is 10.1. The van der Waals surface area contributed by atoms with Gasteiger partial charge >= 0.3 is 0 Å². The van der Waals surface area contributed by atoms with E-state index in [4.69, 9.17) is 0 Å². The highest BCUT2D eigenvalue weighted by Crippen LogP contribution is 2.16. The number of hydrogen-bond acceptors (Lipinski definition) is 3. The number of carbonyl (C=O) groups excluding carboxylic acids is 1. The van der Waals surface area contributed by atoms with E-state index in [0.29, 0.717) is 5.56 Å². The number of amides is 1. The van der Waals surface area contributed by atoms with Gasteiger partial charge in [-0.1, -0.05) is 13.0 Å². The fraction of sp³-hybridized carbons (Fsp3) is 0.294. The van der Waals surface area contributed by atoms with Gasteiger partial charge in [-0.3, -0.25) is 4.79 Å². The van der Waals surface area contributed by atoms with Crippen molar-refractivity contribution >= 4 is 17.4 Å². The maximum atomic E-state index is 12.3. The third kappa shape index (κ3) is 4.05. The van der Waals surface area contributed by atoms with Crippen LogP contribution in [0.25, 0.3) is 0 Å². The second-order valence-electron chi connectivity index (χ2n) is 5.11. The summed E-state index contributed by atoms with van der Waals surface area (Å²) in [5, 5.41) is 6.09. The number of nitrogens with one attached hydrogen (secondary N) is 2. The summed E-state index contributed by atoms with van der Waals surface area (Å²) >= 11 is 0. The lowest BCUT2D eigenvalue weighted by Crippen LogP contribution is -2.13. The van der Waals surface area contributed by atoms with Gasteiger partial charge < -0.3 is 10.6 Å². The summed E-state index contributed by atoms with van der Waals surface area (Å²) in [5.41, 5.74) is 3.78. The van der Waals surface area contributed by atoms with E-state index in [9.17, 15) is 4.79 Å². The highest BCUT2D eigenvalue weighted by atomic mass is 16.1. The van der Waals surface area contributed by atoms with Gasteiger partial charge in [0.15, 0.2) is 0 Å². The molecular formula is C17H21N3O. The van der Waals surface area contributed by atoms with E-state index in [2.05, 4.69) is 29.5 Å². The van der Waals surface area contributed by atoms with E-state index in [1.807, 2.05) is 25.1 Å². The van der Waals surface area contributed by atoms with E-state index in [-0.39, 0.29) is 5.91 Å². The molecule has 0 aliphatic heterocycles. The molecule has 1 aromatic carbocycles. The first-order valence-electron chi connectivity index (χ1n) is 7.18. The van der Waals surface area contributed by atoms with Gasteiger partial charge in [-0.25, -0.2) is 4.98 Å². The minimum atomic E-state index is -0.125. The number of nitrogens with zero attached hydrogens (tertiary/aromatic N) is 1. The highest BCUT2D eigenvalue weighted by Gasteiger charge is 2.08. The Bertz CT molecular complexity index is 638. The van der Waals surface area contributed by atoms with E-state index in [1.165, 1.54) is 5.56 Å². The molecule has 0 aliphatic carbocycles. The van der Waals surface area contributed by atoms with Crippen LogP contribution in [0.3, 0.4) is 0 Å². The lowest BCUT2D eigenvalue weighted by Gasteiger charge is -2.09. The molecule has 2 N–H and O–H groups in total. The summed E-state index contributed by atoms with van der Waals surface area (Å²) in [6, 6.07) is 9.38. The molecule has 0 fully saturated rings. The molecule has 2 rings (SSSR count). The van der Waals surface area contributed by atoms with Gasteiger partial charge in [-0.05, 0) is 55.7 Å². The van der Waals surface area contributed by atoms with Gasteiger partial charge in [0.25, 0.3) is 5.91 Å². The number of carbonyl (C=O) groups is 1. The van der Waals surface area contributed by atoms with Crippen LogP contribution in [0.5, 0.6) is 0 Å². The molecule has 1 amide bonds. The molecule has 0 unspecified atom stereocenters. The van der Waals surface area contributed by atoms with Crippen LogP contribution in [0.1, 0.15) is 34.8 Å². The second kappa shape index (κ2) is 6.88. The molecule has 0 atom stereocenters. The quantitative estimate of drug-likeness (QED) is 0.878. The number of anilines is 2. The molecule has 1 heterocycles. The van der Waals surface area contributed by atoms with E-state index < -0.39 is 0 Å². The second-order valence-corrected chi connectivity index (χ2v) is 5.11. The van der Waals surface area contributed by atoms with Crippen molar-refractivity contribution in [1.29, 1.82) is 0 Å². The normalized spacial score (nSPS) is 10.2. The van der Waals surface area contributed by atoms with Crippen molar-refractivity contribution in [3.05, 3.63) is 53.2 Å². The summed E-state index contributed by atoms with van der Waals surface area (Å²) in [4.78, 5) is 16.5. The standard InChI is InChI=1S/C17H21N3O/c1-4-8-18-16-11-14(7-9-19-16)17(21)20-15-6-5-12(2)13(3)10-15/h5-7,9-11H,4,8H2,1-3H3,(H,18,19)(H,20,21). The van der Waals surface area contributed by atoms with E-state index in [0.717, 1.165) is 30.0 Å². The van der Waals surface area contributed by atoms with Gasteiger partial charge in [0.1, 0.15) is 5.82 Å². The van der Waals surface area contributed by atoms with Crippen LogP contribution in [-0.4, -0.2) is 17.4 Å². The summed E-state index contributed by atoms with van der Waals surface area (Å²) < 4.78 is 0. The number of pyridine rings is 1. The van der Waals surface area contributed by atoms with Gasteiger partial charge in [-0.15, -0.1) is 0 Å². The fourth-order valence-electron chi connectivity index (χ4n) is 1.94. The van der Waals surface area contributed by atoms with Crippen LogP contribution in [0.2, 0.25) is 0 Å². The Kier molecular flexibility index (Phi) is 4.93. The highest BCUT2D eigenvalue weighted by molar-refractivity contribution is 6.04. The topological polar surface area (TPSA) is 54.0 Å². The summed E-state index contributed by atoms with van der Waals surface area (Å²) in [5.74, 6) is 0.602. The number of hydrogen-bond donors (Lipinski definition) is 2. The molecule has 0 saturated carbocycles. The Labute approximate surface area is 125 Å². The zero-order valence-corrected chi connectivity index (χ0v) is 12.7. The van der Waals surface area contributed by atoms with Crippen LogP contribution < -0.4 is 10.6 Å². The van der Waals surface area contributed by atoms with Gasteiger partial charge in [0.2, 0.25) is 0 Å². The predicted molar refractivity (Wildman–Crippen MR) is 86.9 cm³/mol. The van der Waals surface area contributed by atoms with E-state index in [1.54, 1.807) is 18.3 Å². The monoisotopic (exact) mass is 283 g/mol. The first kappa shape index (κ1) is 15.0. The molecule has 0 aliphatic rings. The molecule has 2 aromatic rings. The van der Waals surface area contributed by atoms with Crippen LogP contribution in [0.15, 0.2) is 36.5 Å². The molecular weight excluding hydrogens is 262 g/mol. The Morgan fingerprint density at radius 3 is 2.67 bits per heavy atom. The van der Waals surface area contributed by atoms with Gasteiger partial charge in [0.05, 0.1) is 0 Å². The molecule has 4 heteroatoms. The Morgan fingerprint density at radius 1 is 1.14 bits per heavy atom. The maximum absolute atomic E-state index is 12.3. The minimum Gasteiger partial charge on any atom is -0.370 e. The molecule has 21 heavy (non-hydrogen) atoms. The van der Waals surface area contributed by atoms with Gasteiger partial charge in [-0.2, -0.15) is 0 Å². The van der Waals surface area contributed by atoms with Crippen LogP contribution in [-0.2, 0) is 0 Å². The van der Waals surface area contributed by atoms with Crippen molar-refractivity contribution in [1.82, 2.24) is 4.98 Å². The fourth-order valence-corrected chi connectivity index (χ4v) is 1.94. The average molecular weight is 283 g/mol. The average Bonchev–Trinajstić information content (AvgIpc) is 2.49. The first-order valence-corrected chi connectivity index (χ1v) is 7.18. The molecule has 0 radical (unpaired) electrons. The SMILES string of the molecule is CCCNc1cc(C(=O)Nc2ccc(C)c(C)c2)ccn1. The Morgan fingerprint density at radius 2 is 1.95 bits per heavy atom. The lowest BCUT2D eigenvalue weighted by molar-refractivity contribution is 0.102. The van der Waals surface area contributed by atoms with Crippen molar-refractivity contribution in [3.63, 3.8) is 0 Å². The summed E-state index contributed by atoms with van der Waals surface area (Å²) in [6.45, 7) is 7.01. The zero-order chi connectivity index (χ0) is 15.2. The van der Waals surface area contributed by atoms with Crippen molar-refractivity contribution in [2.24, 2.45) is 0 Å². The van der Waals surface area contributed by atoms with Crippen molar-refractivity contribution < 1.29 is 4.79 Å². The van der Waals surface area contributed by atoms with Crippen LogP contribution in [0, 0.1) is 13.8 Å². The molecule has 0 bridgehead atoms. The number of aromatic nitrogens is 1. The number of aryl methyl sites for hydroxylation is 2. The molecule has 0 saturated heterocycles. The number of rotatable bonds is 5. The predicted octanol–water partition coefficient (Wildman–Crippen LogP) is 3.77. The summed E-state index contributed by atoms with van der Waals surface area (Å²) in [6.07, 6.45) is 2.66. The molecule has 1 aromatic heterocycles. The van der Waals surface area contributed by atoms with E-state index >= 15 is 0 Å². The largest absolute Gasteiger partial charge is 0.370 e. The summed E-state index contributed by atoms with van der Waals surface area (Å²) in [7, 11) is 0. The Balaban J connectivity index is 2.10. The minimum absolute atomic E-state index is 0.125. The molecule has 0 spiro atoms. The van der Waals surface area contributed by atoms with Gasteiger partial charge in [0, 0.05) is 24.0 Å². The number of benzene rings is 1. The van der Waals surface area contributed by atoms with Crippen molar-refractivity contribution in [3.8, 4) is 0 Å². The molecule has 4 nitrogen and oxygen atoms in total. The van der Waals surface area contributed by atoms with Crippen molar-refractivity contribution in [2.75, 3.05) is 17.2 Å². The molecule has 110 valence electrons. The third-order valence-corrected chi connectivity index (χ3v) is 3.34. The zero-order valence-electron chi connectivity index (χ0n) is 12.7. The Hall–Kier alpha value is -2.36. The van der Waals surface area contributed by atoms with Crippen LogP contribution >= 0.6 is 0 Å². The third-order valence-electron chi connectivity index (χ3n) is 3.34. The maximum Gasteiger partial charge on any atom is 0.255 e. The van der Waals surface area contributed by atoms with Crippen molar-refractivity contribution in [2.45, 2.75) is 27.2 Å². The smallest absolute Gasteiger partial charge is 0.255 e. The lowest BCUT2D eigenvalue weighted by atomic mass is 10.1. The van der Waals surface area contributed by atoms with Crippen LogP contribution in [0.4, 0.5) is 11.5 Å².